The number of halogens is 1. The molecule has 0 aromatic heterocycles. The molecule has 0 aliphatic carbocycles. The summed E-state index contributed by atoms with van der Waals surface area (Å²) in [4.78, 5) is 13.2. The second kappa shape index (κ2) is 7.55. The molecule has 1 rings (SSSR count). The minimum atomic E-state index is -0.373. The van der Waals surface area contributed by atoms with E-state index in [9.17, 15) is 4.79 Å². The standard InChI is InChI=1S/C15H17ClN2O3/c1-5-21-13-8-10(7-12(16)14(13)20-4)6-11(9-17)15(19)18(2)3/h6-8H,5H2,1-4H3/b11-6-. The number of benzene rings is 1. The molecular weight excluding hydrogens is 292 g/mol. The topological polar surface area (TPSA) is 62.6 Å². The summed E-state index contributed by atoms with van der Waals surface area (Å²) in [6, 6.07) is 5.18. The summed E-state index contributed by atoms with van der Waals surface area (Å²) in [5.41, 5.74) is 0.611. The van der Waals surface area contributed by atoms with E-state index in [0.717, 1.165) is 0 Å². The molecule has 0 bridgehead atoms. The first-order chi connectivity index (χ1) is 9.94. The van der Waals surface area contributed by atoms with Crippen molar-refractivity contribution in [3.63, 3.8) is 0 Å². The normalized spacial score (nSPS) is 10.8. The highest BCUT2D eigenvalue weighted by molar-refractivity contribution is 6.32. The van der Waals surface area contributed by atoms with Crippen LogP contribution in [0.3, 0.4) is 0 Å². The number of hydrogen-bond acceptors (Lipinski definition) is 4. The molecule has 0 saturated carbocycles. The van der Waals surface area contributed by atoms with Gasteiger partial charge in [0.2, 0.25) is 0 Å². The zero-order valence-electron chi connectivity index (χ0n) is 12.4. The first-order valence-corrected chi connectivity index (χ1v) is 6.66. The van der Waals surface area contributed by atoms with Gasteiger partial charge in [-0.3, -0.25) is 4.79 Å². The monoisotopic (exact) mass is 308 g/mol. The van der Waals surface area contributed by atoms with Crippen LogP contribution in [0.2, 0.25) is 5.02 Å². The molecule has 6 heteroatoms. The molecular formula is C15H17ClN2O3. The average Bonchev–Trinajstić information content (AvgIpc) is 2.44. The van der Waals surface area contributed by atoms with Crippen molar-refractivity contribution in [3.05, 3.63) is 28.3 Å². The lowest BCUT2D eigenvalue weighted by Gasteiger charge is -2.12. The second-order valence-corrected chi connectivity index (χ2v) is 4.74. The van der Waals surface area contributed by atoms with Crippen LogP contribution >= 0.6 is 11.6 Å². The number of likely N-dealkylation sites (N-methyl/N-ethyl adjacent to an activating group) is 1. The summed E-state index contributed by atoms with van der Waals surface area (Å²) in [6.07, 6.45) is 1.47. The fraction of sp³-hybridized carbons (Fsp3) is 0.333. The van der Waals surface area contributed by atoms with E-state index in [2.05, 4.69) is 0 Å². The molecule has 0 heterocycles. The molecule has 0 fully saturated rings. The summed E-state index contributed by atoms with van der Waals surface area (Å²) in [5.74, 6) is 0.517. The summed E-state index contributed by atoms with van der Waals surface area (Å²) >= 11 is 6.13. The van der Waals surface area contributed by atoms with E-state index >= 15 is 0 Å². The molecule has 0 aliphatic rings. The van der Waals surface area contributed by atoms with Gasteiger partial charge in [-0.2, -0.15) is 5.26 Å². The van der Waals surface area contributed by atoms with Gasteiger partial charge < -0.3 is 14.4 Å². The summed E-state index contributed by atoms with van der Waals surface area (Å²) in [5, 5.41) is 9.45. The lowest BCUT2D eigenvalue weighted by Crippen LogP contribution is -2.22. The third-order valence-electron chi connectivity index (χ3n) is 2.60. The predicted molar refractivity (Wildman–Crippen MR) is 81.5 cm³/mol. The number of nitrogens with zero attached hydrogens (tertiary/aromatic N) is 2. The maximum absolute atomic E-state index is 11.8. The number of hydrogen-bond donors (Lipinski definition) is 0. The molecule has 112 valence electrons. The van der Waals surface area contributed by atoms with Crippen molar-refractivity contribution in [1.82, 2.24) is 4.90 Å². The fourth-order valence-electron chi connectivity index (χ4n) is 1.68. The second-order valence-electron chi connectivity index (χ2n) is 4.34. The van der Waals surface area contributed by atoms with E-state index in [1.54, 1.807) is 26.2 Å². The molecule has 21 heavy (non-hydrogen) atoms. The number of amides is 1. The Morgan fingerprint density at radius 3 is 2.62 bits per heavy atom. The zero-order valence-corrected chi connectivity index (χ0v) is 13.2. The molecule has 0 radical (unpaired) electrons. The first-order valence-electron chi connectivity index (χ1n) is 6.28. The van der Waals surface area contributed by atoms with E-state index in [1.165, 1.54) is 18.1 Å². The summed E-state index contributed by atoms with van der Waals surface area (Å²) < 4.78 is 10.6. The third-order valence-corrected chi connectivity index (χ3v) is 2.88. The van der Waals surface area contributed by atoms with Gasteiger partial charge in [0.05, 0.1) is 18.7 Å². The molecule has 0 atom stereocenters. The van der Waals surface area contributed by atoms with Gasteiger partial charge in [-0.15, -0.1) is 0 Å². The van der Waals surface area contributed by atoms with Gasteiger partial charge in [-0.05, 0) is 30.7 Å². The van der Waals surface area contributed by atoms with Crippen molar-refractivity contribution in [2.24, 2.45) is 0 Å². The summed E-state index contributed by atoms with van der Waals surface area (Å²) in [6.45, 7) is 2.29. The Kier molecular flexibility index (Phi) is 6.07. The van der Waals surface area contributed by atoms with Crippen LogP contribution in [0.5, 0.6) is 11.5 Å². The van der Waals surface area contributed by atoms with Crippen molar-refractivity contribution >= 4 is 23.6 Å². The molecule has 5 nitrogen and oxygen atoms in total. The van der Waals surface area contributed by atoms with Crippen LogP contribution in [-0.4, -0.2) is 38.6 Å². The van der Waals surface area contributed by atoms with Crippen LogP contribution < -0.4 is 9.47 Å². The van der Waals surface area contributed by atoms with Crippen molar-refractivity contribution < 1.29 is 14.3 Å². The van der Waals surface area contributed by atoms with E-state index in [-0.39, 0.29) is 11.5 Å². The Hall–Kier alpha value is -2.19. The van der Waals surface area contributed by atoms with E-state index in [1.807, 2.05) is 13.0 Å². The van der Waals surface area contributed by atoms with Gasteiger partial charge in [0, 0.05) is 14.1 Å². The Balaban J connectivity index is 3.31. The SMILES string of the molecule is CCOc1cc(/C=C(/C#N)C(=O)N(C)C)cc(Cl)c1OC. The van der Waals surface area contributed by atoms with E-state index in [4.69, 9.17) is 26.3 Å². The average molecular weight is 309 g/mol. The van der Waals surface area contributed by atoms with Gasteiger partial charge in [0.15, 0.2) is 11.5 Å². The van der Waals surface area contributed by atoms with Crippen molar-refractivity contribution in [1.29, 1.82) is 5.26 Å². The van der Waals surface area contributed by atoms with Crippen molar-refractivity contribution in [3.8, 4) is 17.6 Å². The summed E-state index contributed by atoms with van der Waals surface area (Å²) in [7, 11) is 4.66. The molecule has 1 aromatic carbocycles. The number of rotatable bonds is 5. The van der Waals surface area contributed by atoms with Crippen LogP contribution in [-0.2, 0) is 4.79 Å². The number of nitriles is 1. The highest BCUT2D eigenvalue weighted by Gasteiger charge is 2.14. The number of carbonyl (C=O) groups is 1. The maximum Gasteiger partial charge on any atom is 0.264 e. The Morgan fingerprint density at radius 2 is 2.14 bits per heavy atom. The van der Waals surface area contributed by atoms with Gasteiger partial charge in [-0.25, -0.2) is 0 Å². The first kappa shape index (κ1) is 16.9. The predicted octanol–water partition coefficient (Wildman–Crippen LogP) is 2.74. The van der Waals surface area contributed by atoms with E-state index < -0.39 is 0 Å². The molecule has 1 amide bonds. The quantitative estimate of drug-likeness (QED) is 0.620. The molecule has 0 N–H and O–H groups in total. The van der Waals surface area contributed by atoms with Crippen LogP contribution in [0.1, 0.15) is 12.5 Å². The smallest absolute Gasteiger partial charge is 0.264 e. The molecule has 0 aliphatic heterocycles. The number of methoxy groups -OCH3 is 1. The Bertz CT molecular complexity index is 604. The fourth-order valence-corrected chi connectivity index (χ4v) is 1.98. The molecule has 0 saturated heterocycles. The molecule has 0 spiro atoms. The van der Waals surface area contributed by atoms with Gasteiger partial charge in [0.25, 0.3) is 5.91 Å². The van der Waals surface area contributed by atoms with Gasteiger partial charge >= 0.3 is 0 Å². The minimum absolute atomic E-state index is 0.0173. The minimum Gasteiger partial charge on any atom is -0.491 e. The van der Waals surface area contributed by atoms with Gasteiger partial charge in [0.1, 0.15) is 11.6 Å². The lowest BCUT2D eigenvalue weighted by atomic mass is 10.1. The zero-order chi connectivity index (χ0) is 16.0. The van der Waals surface area contributed by atoms with Crippen LogP contribution in [0, 0.1) is 11.3 Å². The van der Waals surface area contributed by atoms with Crippen LogP contribution in [0.15, 0.2) is 17.7 Å². The van der Waals surface area contributed by atoms with Crippen molar-refractivity contribution in [2.75, 3.05) is 27.8 Å². The molecule has 1 aromatic rings. The van der Waals surface area contributed by atoms with Crippen LogP contribution in [0.4, 0.5) is 0 Å². The number of carbonyl (C=O) groups excluding carboxylic acids is 1. The van der Waals surface area contributed by atoms with E-state index in [0.29, 0.717) is 28.7 Å². The molecule has 0 unspecified atom stereocenters. The maximum atomic E-state index is 11.8. The lowest BCUT2D eigenvalue weighted by molar-refractivity contribution is -0.124. The highest BCUT2D eigenvalue weighted by atomic mass is 35.5. The van der Waals surface area contributed by atoms with Crippen molar-refractivity contribution in [2.45, 2.75) is 6.92 Å². The highest BCUT2D eigenvalue weighted by Crippen LogP contribution is 2.36. The third kappa shape index (κ3) is 4.14. The Labute approximate surface area is 129 Å². The largest absolute Gasteiger partial charge is 0.491 e. The number of ether oxygens (including phenoxy) is 2. The van der Waals surface area contributed by atoms with Crippen LogP contribution in [0.25, 0.3) is 6.08 Å². The Morgan fingerprint density at radius 1 is 1.48 bits per heavy atom. The van der Waals surface area contributed by atoms with Gasteiger partial charge in [-0.1, -0.05) is 11.6 Å².